The van der Waals surface area contributed by atoms with Gasteiger partial charge in [0.25, 0.3) is 18.2 Å². The van der Waals surface area contributed by atoms with Gasteiger partial charge in [0.15, 0.2) is 30.1 Å². The number of benzene rings is 1. The third kappa shape index (κ3) is 9.79. The number of para-hydroxylation sites is 1. The maximum atomic E-state index is 16.0. The number of carbonyl (C=O) groups is 5. The number of fused-ring (bicyclic) bond motifs is 1. The molecule has 3 fully saturated rings. The number of aliphatic hydroxyl groups is 3. The fraction of sp³-hybridized carbons (Fsp3) is 0.583. The standard InChI is InChI=1S/C23H30FN2O9PS.C13H16FNO7/c1-14(2)33-19(29)15(3)25-36(37,35-17-8-6-5-7-9-17)32-13-23(24)20(30)22(4,31)21(34-23)26-11-10-16(27)12-18(26)28;1-12-9(20-11(19-2)22-12)13(14,6-16)21-10(12)15-4-3-7(17)5-8(15)18/h5-11,14-15,20-21,30-31H,12-13H2,1-4H3,(H,25,37);3-4,9-11,16H,5-6H2,1-2H3/t15-,20-,21+,22+,23+,36?;9-,10+,11?,12+,13+/m00/s1. The maximum Gasteiger partial charge on any atom is 0.323 e. The first-order valence-electron chi connectivity index (χ1n) is 18.1. The zero-order chi connectivity index (χ0) is 43.7. The molecule has 5 heterocycles. The summed E-state index contributed by atoms with van der Waals surface area (Å²) in [5.41, 5.74) is -3.69. The van der Waals surface area contributed by atoms with Crippen LogP contribution in [0.5, 0.6) is 5.75 Å². The van der Waals surface area contributed by atoms with Crippen LogP contribution in [0.2, 0.25) is 0 Å². The number of aliphatic hydroxyl groups excluding tert-OH is 2. The van der Waals surface area contributed by atoms with Gasteiger partial charge in [0.05, 0.1) is 18.9 Å². The van der Waals surface area contributed by atoms with Crippen molar-refractivity contribution in [1.82, 2.24) is 14.9 Å². The van der Waals surface area contributed by atoms with Crippen molar-refractivity contribution in [1.29, 1.82) is 0 Å². The summed E-state index contributed by atoms with van der Waals surface area (Å²) in [6.07, 6.45) is -3.05. The highest BCUT2D eigenvalue weighted by atomic mass is 32.5. The van der Waals surface area contributed by atoms with Crippen molar-refractivity contribution < 1.29 is 85.5 Å². The average molecular weight is 878 g/mol. The summed E-state index contributed by atoms with van der Waals surface area (Å²) in [4.78, 5) is 61.4. The number of ketones is 2. The van der Waals surface area contributed by atoms with Crippen molar-refractivity contribution >= 4 is 47.8 Å². The van der Waals surface area contributed by atoms with Gasteiger partial charge in [-0.3, -0.25) is 33.8 Å². The molecule has 19 nitrogen and oxygen atoms in total. The minimum absolute atomic E-state index is 0.266. The van der Waals surface area contributed by atoms with E-state index < -0.39 is 116 Å². The van der Waals surface area contributed by atoms with Gasteiger partial charge in [-0.1, -0.05) is 18.2 Å². The first kappa shape index (κ1) is 46.4. The van der Waals surface area contributed by atoms with Gasteiger partial charge in [0, 0.05) is 19.5 Å². The molecule has 0 aromatic heterocycles. The predicted octanol–water partition coefficient (Wildman–Crippen LogP) is 1.11. The zero-order valence-corrected chi connectivity index (χ0v) is 34.4. The van der Waals surface area contributed by atoms with E-state index in [2.05, 4.69) is 5.09 Å². The number of hydrogen-bond donors (Lipinski definition) is 4. The molecule has 59 heavy (non-hydrogen) atoms. The highest BCUT2D eigenvalue weighted by molar-refractivity contribution is 8.09. The van der Waals surface area contributed by atoms with Crippen LogP contribution in [0.25, 0.3) is 0 Å². The Labute approximate surface area is 342 Å². The van der Waals surface area contributed by atoms with E-state index in [1.165, 1.54) is 33.2 Å². The molecule has 2 unspecified atom stereocenters. The van der Waals surface area contributed by atoms with E-state index in [4.69, 9.17) is 49.3 Å². The SMILES string of the molecule is CC(C)OC(=O)[C@H](C)NP(=S)(OC[C@@]1(F)O[C@@H](N2C=CC(=O)CC2=O)[C@](C)(O)[C@@H]1O)Oc1ccccc1.COC1O[C@H]2[C@@](C)(O1)[C@H](N1C=CC(=O)CC1=O)O[C@]2(F)CO. The molecule has 0 aliphatic carbocycles. The Morgan fingerprint density at radius 3 is 2.05 bits per heavy atom. The van der Waals surface area contributed by atoms with Crippen LogP contribution in [0.1, 0.15) is 47.5 Å². The summed E-state index contributed by atoms with van der Waals surface area (Å²) in [6.45, 7) is 0.529. The second kappa shape index (κ2) is 17.8. The molecule has 5 aliphatic rings. The van der Waals surface area contributed by atoms with Gasteiger partial charge in [0.1, 0.15) is 42.3 Å². The maximum absolute atomic E-state index is 16.0. The van der Waals surface area contributed by atoms with Crippen LogP contribution in [0.4, 0.5) is 8.78 Å². The molecule has 0 saturated carbocycles. The quantitative estimate of drug-likeness (QED) is 0.123. The molecular weight excluding hydrogens is 831 g/mol. The van der Waals surface area contributed by atoms with Crippen LogP contribution in [0, 0.1) is 0 Å². The lowest BCUT2D eigenvalue weighted by molar-refractivity contribution is -0.301. The summed E-state index contributed by atoms with van der Waals surface area (Å²) >= 11 is 5.53. The third-order valence-corrected chi connectivity index (χ3v) is 12.0. The minimum atomic E-state index is -3.70. The number of nitrogens with one attached hydrogen (secondary N) is 1. The van der Waals surface area contributed by atoms with Crippen molar-refractivity contribution in [2.45, 2.75) is 114 Å². The Kier molecular flexibility index (Phi) is 14.0. The Morgan fingerprint density at radius 1 is 0.966 bits per heavy atom. The van der Waals surface area contributed by atoms with Crippen molar-refractivity contribution in [2.24, 2.45) is 0 Å². The van der Waals surface area contributed by atoms with Crippen LogP contribution < -0.4 is 9.61 Å². The van der Waals surface area contributed by atoms with E-state index in [1.54, 1.807) is 44.2 Å². The Morgan fingerprint density at radius 2 is 1.53 bits per heavy atom. The summed E-state index contributed by atoms with van der Waals surface area (Å²) in [5, 5.41) is 33.6. The van der Waals surface area contributed by atoms with Gasteiger partial charge >= 0.3 is 12.6 Å². The molecule has 1 aromatic rings. The molecule has 0 spiro atoms. The van der Waals surface area contributed by atoms with Gasteiger partial charge in [0.2, 0.25) is 11.8 Å². The fourth-order valence-electron chi connectivity index (χ4n) is 6.59. The number of esters is 1. The molecule has 1 aromatic carbocycles. The highest BCUT2D eigenvalue weighted by Crippen LogP contribution is 2.51. The predicted molar refractivity (Wildman–Crippen MR) is 199 cm³/mol. The van der Waals surface area contributed by atoms with Crippen LogP contribution in [0.3, 0.4) is 0 Å². The molecule has 5 aliphatic heterocycles. The average Bonchev–Trinajstić information content (AvgIpc) is 3.69. The number of alkyl halides is 2. The molecular formula is C36H46F2N3O16PS. The van der Waals surface area contributed by atoms with E-state index in [-0.39, 0.29) is 18.0 Å². The second-order valence-electron chi connectivity index (χ2n) is 14.7. The number of halogens is 2. The first-order chi connectivity index (χ1) is 27.5. The van der Waals surface area contributed by atoms with Crippen molar-refractivity contribution in [3.8, 4) is 5.75 Å². The van der Waals surface area contributed by atoms with E-state index in [1.807, 2.05) is 0 Å². The van der Waals surface area contributed by atoms with Crippen molar-refractivity contribution in [3.63, 3.8) is 0 Å². The molecule has 23 heteroatoms. The van der Waals surface area contributed by atoms with Crippen LogP contribution in [0.15, 0.2) is 54.9 Å². The number of ether oxygens (including phenoxy) is 6. The minimum Gasteiger partial charge on any atom is -0.462 e. The van der Waals surface area contributed by atoms with Gasteiger partial charge in [-0.2, -0.15) is 0 Å². The van der Waals surface area contributed by atoms with Crippen molar-refractivity contribution in [3.05, 3.63) is 54.9 Å². The highest BCUT2D eigenvalue weighted by Gasteiger charge is 2.71. The van der Waals surface area contributed by atoms with E-state index in [0.717, 1.165) is 29.0 Å². The molecule has 3 saturated heterocycles. The summed E-state index contributed by atoms with van der Waals surface area (Å²) in [6, 6.07) is 7.21. The first-order valence-corrected chi connectivity index (χ1v) is 20.8. The molecule has 6 rings (SSSR count). The molecule has 0 bridgehead atoms. The zero-order valence-electron chi connectivity index (χ0n) is 32.7. The number of rotatable bonds is 13. The van der Waals surface area contributed by atoms with Crippen molar-refractivity contribution in [2.75, 3.05) is 20.3 Å². The topological polar surface area (TPSA) is 238 Å². The largest absolute Gasteiger partial charge is 0.462 e. The van der Waals surface area contributed by atoms with Gasteiger partial charge in [-0.25, -0.2) is 13.9 Å². The van der Waals surface area contributed by atoms with Crippen LogP contribution in [-0.2, 0) is 68.7 Å². The van der Waals surface area contributed by atoms with Gasteiger partial charge in [-0.05, 0) is 70.7 Å². The summed E-state index contributed by atoms with van der Waals surface area (Å²) in [5.74, 6) is -8.10. The Hall–Kier alpha value is -3.64. The number of methoxy groups -OCH3 is 1. The summed E-state index contributed by atoms with van der Waals surface area (Å²) < 4.78 is 73.6. The summed E-state index contributed by atoms with van der Waals surface area (Å²) in [7, 11) is 1.31. The lowest BCUT2D eigenvalue weighted by atomic mass is 9.94. The molecule has 326 valence electrons. The normalized spacial score (nSPS) is 35.7. The lowest BCUT2D eigenvalue weighted by Gasteiger charge is -2.35. The number of amides is 2. The number of hydrogen-bond acceptors (Lipinski definition) is 17. The smallest absolute Gasteiger partial charge is 0.323 e. The number of nitrogens with zero attached hydrogens (tertiary/aromatic N) is 2. The molecule has 0 radical (unpaired) electrons. The van der Waals surface area contributed by atoms with E-state index >= 15 is 4.39 Å². The second-order valence-corrected chi connectivity index (χ2v) is 17.8. The third-order valence-electron chi connectivity index (χ3n) is 9.52. The molecule has 11 atom stereocenters. The van der Waals surface area contributed by atoms with Gasteiger partial charge in [-0.15, -0.1) is 0 Å². The van der Waals surface area contributed by atoms with Gasteiger partial charge < -0.3 is 52.8 Å². The lowest BCUT2D eigenvalue weighted by Crippen LogP contribution is -2.54. The van der Waals surface area contributed by atoms with Crippen LogP contribution in [-0.4, -0.2) is 141 Å². The fourth-order valence-corrected chi connectivity index (χ4v) is 8.99. The Bertz CT molecular complexity index is 1890. The number of allylic oxidation sites excluding steroid dienone is 2. The number of carbonyl (C=O) groups excluding carboxylic acids is 5. The molecule has 2 amide bonds. The van der Waals surface area contributed by atoms with Crippen LogP contribution >= 0.6 is 6.64 Å². The van der Waals surface area contributed by atoms with E-state index in [0.29, 0.717) is 0 Å². The van der Waals surface area contributed by atoms with E-state index in [9.17, 15) is 43.7 Å². The molecule has 4 N–H and O–H groups in total. The monoisotopic (exact) mass is 877 g/mol. The Balaban J connectivity index is 0.000000254.